The summed E-state index contributed by atoms with van der Waals surface area (Å²) in [5.41, 5.74) is 1.37. The largest absolute Gasteiger partial charge is 0.328 e. The van der Waals surface area contributed by atoms with E-state index in [1.54, 1.807) is 17.7 Å². The Kier molecular flexibility index (Phi) is 3.30. The van der Waals surface area contributed by atoms with Crippen LogP contribution >= 0.6 is 0 Å². The van der Waals surface area contributed by atoms with Crippen LogP contribution in [0, 0.1) is 12.8 Å². The third-order valence-corrected chi connectivity index (χ3v) is 4.08. The minimum Gasteiger partial charge on any atom is -0.300 e. The molecule has 1 heterocycles. The Labute approximate surface area is 117 Å². The van der Waals surface area contributed by atoms with Crippen molar-refractivity contribution in [1.29, 1.82) is 0 Å². The lowest BCUT2D eigenvalue weighted by molar-refractivity contribution is 0.559. The molecule has 1 aliphatic rings. The molecule has 0 spiro atoms. The Balaban J connectivity index is 1.64. The lowest BCUT2D eigenvalue weighted by Crippen LogP contribution is -2.30. The molecule has 0 amide bonds. The van der Waals surface area contributed by atoms with Crippen LogP contribution in [0.15, 0.2) is 46.1 Å². The predicted molar refractivity (Wildman–Crippen MR) is 78.0 cm³/mol. The van der Waals surface area contributed by atoms with E-state index in [1.807, 2.05) is 6.07 Å². The van der Waals surface area contributed by atoms with Crippen LogP contribution in [-0.4, -0.2) is 9.55 Å². The maximum absolute atomic E-state index is 11.7. The maximum atomic E-state index is 11.7. The van der Waals surface area contributed by atoms with Gasteiger partial charge in [-0.05, 0) is 37.2 Å². The number of hydrogen-bond acceptors (Lipinski definition) is 2. The van der Waals surface area contributed by atoms with E-state index in [9.17, 15) is 9.59 Å². The molecule has 1 saturated carbocycles. The van der Waals surface area contributed by atoms with Gasteiger partial charge in [0.15, 0.2) is 0 Å². The number of rotatable bonds is 4. The number of aryl methyl sites for hydroxylation is 2. The fraction of sp³-hybridized carbons (Fsp3) is 0.375. The smallest absolute Gasteiger partial charge is 0.300 e. The summed E-state index contributed by atoms with van der Waals surface area (Å²) >= 11 is 0. The van der Waals surface area contributed by atoms with E-state index in [0.717, 1.165) is 6.42 Å². The SMILES string of the molecule is Cc1cn(CC[C@@H]2C[C@@H]2c2ccccc2)c(=O)[nH]c1=O. The maximum Gasteiger partial charge on any atom is 0.328 e. The number of nitrogens with one attached hydrogen (secondary N) is 1. The van der Waals surface area contributed by atoms with Crippen molar-refractivity contribution >= 4 is 0 Å². The first-order chi connectivity index (χ1) is 9.65. The van der Waals surface area contributed by atoms with Gasteiger partial charge in [0.25, 0.3) is 5.56 Å². The second kappa shape index (κ2) is 5.12. The average Bonchev–Trinajstić information content (AvgIpc) is 3.22. The molecule has 20 heavy (non-hydrogen) atoms. The van der Waals surface area contributed by atoms with Crippen molar-refractivity contribution in [2.75, 3.05) is 0 Å². The molecule has 0 bridgehead atoms. The first kappa shape index (κ1) is 12.9. The summed E-state index contributed by atoms with van der Waals surface area (Å²) < 4.78 is 1.61. The van der Waals surface area contributed by atoms with Crippen molar-refractivity contribution in [3.8, 4) is 0 Å². The molecule has 104 valence electrons. The van der Waals surface area contributed by atoms with E-state index in [-0.39, 0.29) is 11.2 Å². The summed E-state index contributed by atoms with van der Waals surface area (Å²) in [5.74, 6) is 1.28. The van der Waals surface area contributed by atoms with Crippen molar-refractivity contribution in [2.24, 2.45) is 5.92 Å². The van der Waals surface area contributed by atoms with Crippen molar-refractivity contribution in [3.05, 3.63) is 68.5 Å². The molecule has 4 nitrogen and oxygen atoms in total. The Morgan fingerprint density at radius 3 is 2.75 bits per heavy atom. The lowest BCUT2D eigenvalue weighted by atomic mass is 10.1. The van der Waals surface area contributed by atoms with Gasteiger partial charge in [-0.1, -0.05) is 30.3 Å². The number of nitrogens with zero attached hydrogens (tertiary/aromatic N) is 1. The lowest BCUT2D eigenvalue weighted by Gasteiger charge is -2.05. The Morgan fingerprint density at radius 2 is 2.00 bits per heavy atom. The van der Waals surface area contributed by atoms with Gasteiger partial charge in [-0.2, -0.15) is 0 Å². The molecule has 0 saturated heterocycles. The summed E-state index contributed by atoms with van der Waals surface area (Å²) in [6.07, 6.45) is 3.83. The minimum absolute atomic E-state index is 0.292. The van der Waals surface area contributed by atoms with Gasteiger partial charge in [0.1, 0.15) is 0 Å². The second-order valence-corrected chi connectivity index (χ2v) is 5.57. The van der Waals surface area contributed by atoms with Gasteiger partial charge in [0.2, 0.25) is 0 Å². The van der Waals surface area contributed by atoms with Gasteiger partial charge < -0.3 is 4.57 Å². The quantitative estimate of drug-likeness (QED) is 0.924. The van der Waals surface area contributed by atoms with E-state index in [4.69, 9.17) is 0 Å². The molecule has 1 fully saturated rings. The van der Waals surface area contributed by atoms with Crippen LogP contribution in [0.3, 0.4) is 0 Å². The van der Waals surface area contributed by atoms with Gasteiger partial charge >= 0.3 is 5.69 Å². The molecule has 0 unspecified atom stereocenters. The summed E-state index contributed by atoms with van der Waals surface area (Å²) in [5, 5.41) is 0. The van der Waals surface area contributed by atoms with Crippen molar-refractivity contribution in [3.63, 3.8) is 0 Å². The molecule has 4 heteroatoms. The van der Waals surface area contributed by atoms with E-state index in [1.165, 1.54) is 12.0 Å². The van der Waals surface area contributed by atoms with Crippen LogP contribution in [-0.2, 0) is 6.54 Å². The van der Waals surface area contributed by atoms with Gasteiger partial charge in [0, 0.05) is 18.3 Å². The number of benzene rings is 1. The zero-order chi connectivity index (χ0) is 14.1. The first-order valence-electron chi connectivity index (χ1n) is 7.00. The minimum atomic E-state index is -0.308. The number of aromatic amines is 1. The zero-order valence-electron chi connectivity index (χ0n) is 11.5. The highest BCUT2D eigenvalue weighted by Gasteiger charge is 2.37. The van der Waals surface area contributed by atoms with Crippen LogP contribution in [0.1, 0.15) is 29.9 Å². The molecule has 3 rings (SSSR count). The van der Waals surface area contributed by atoms with Crippen molar-refractivity contribution in [2.45, 2.75) is 32.2 Å². The third kappa shape index (κ3) is 2.59. The molecular formula is C16H18N2O2. The highest BCUT2D eigenvalue weighted by atomic mass is 16.2. The van der Waals surface area contributed by atoms with Crippen LogP contribution in [0.4, 0.5) is 0 Å². The molecule has 1 aromatic heterocycles. The number of aromatic nitrogens is 2. The molecule has 2 atom stereocenters. The van der Waals surface area contributed by atoms with Crippen molar-refractivity contribution in [1.82, 2.24) is 9.55 Å². The van der Waals surface area contributed by atoms with E-state index in [2.05, 4.69) is 29.2 Å². The number of hydrogen-bond donors (Lipinski definition) is 1. The average molecular weight is 270 g/mol. The highest BCUT2D eigenvalue weighted by molar-refractivity contribution is 5.25. The van der Waals surface area contributed by atoms with Crippen LogP contribution in [0.2, 0.25) is 0 Å². The van der Waals surface area contributed by atoms with Gasteiger partial charge in [-0.15, -0.1) is 0 Å². The Bertz CT molecular complexity index is 715. The van der Waals surface area contributed by atoms with Crippen molar-refractivity contribution < 1.29 is 0 Å². The van der Waals surface area contributed by atoms with Crippen LogP contribution < -0.4 is 11.2 Å². The number of H-pyrrole nitrogens is 1. The molecular weight excluding hydrogens is 252 g/mol. The molecule has 2 aromatic rings. The Hall–Kier alpha value is -2.10. The molecule has 1 aromatic carbocycles. The zero-order valence-corrected chi connectivity index (χ0v) is 11.5. The van der Waals surface area contributed by atoms with Crippen LogP contribution in [0.25, 0.3) is 0 Å². The highest BCUT2D eigenvalue weighted by Crippen LogP contribution is 2.49. The van der Waals surface area contributed by atoms with Gasteiger partial charge in [-0.3, -0.25) is 9.78 Å². The van der Waals surface area contributed by atoms with E-state index in [0.29, 0.717) is 23.9 Å². The molecule has 0 aliphatic heterocycles. The topological polar surface area (TPSA) is 54.9 Å². The van der Waals surface area contributed by atoms with Crippen LogP contribution in [0.5, 0.6) is 0 Å². The third-order valence-electron chi connectivity index (χ3n) is 4.08. The second-order valence-electron chi connectivity index (χ2n) is 5.57. The summed E-state index contributed by atoms with van der Waals surface area (Å²) in [6, 6.07) is 10.5. The molecule has 1 N–H and O–H groups in total. The normalized spacial score (nSPS) is 20.9. The summed E-state index contributed by atoms with van der Waals surface area (Å²) in [6.45, 7) is 2.39. The Morgan fingerprint density at radius 1 is 1.25 bits per heavy atom. The van der Waals surface area contributed by atoms with E-state index < -0.39 is 0 Å². The standard InChI is InChI=1S/C16H18N2O2/c1-11-10-18(16(20)17-15(11)19)8-7-13-9-14(13)12-5-3-2-4-6-12/h2-6,10,13-14H,7-9H2,1H3,(H,17,19,20)/t13-,14-/m1/s1. The van der Waals surface area contributed by atoms with Gasteiger partial charge in [0.05, 0.1) is 0 Å². The molecule has 1 aliphatic carbocycles. The molecule has 0 radical (unpaired) electrons. The summed E-state index contributed by atoms with van der Waals surface area (Å²) in [4.78, 5) is 25.3. The monoisotopic (exact) mass is 270 g/mol. The van der Waals surface area contributed by atoms with E-state index >= 15 is 0 Å². The predicted octanol–water partition coefficient (Wildman–Crippen LogP) is 2.04. The fourth-order valence-corrected chi connectivity index (χ4v) is 2.76. The van der Waals surface area contributed by atoms with Gasteiger partial charge in [-0.25, -0.2) is 4.79 Å². The summed E-state index contributed by atoms with van der Waals surface area (Å²) in [7, 11) is 0. The first-order valence-corrected chi connectivity index (χ1v) is 7.00. The fourth-order valence-electron chi connectivity index (χ4n) is 2.76.